The molecule has 0 radical (unpaired) electrons. The van der Waals surface area contributed by atoms with Crippen LogP contribution in [0.4, 0.5) is 4.79 Å². The topological polar surface area (TPSA) is 105 Å². The Hall–Kier alpha value is -3.39. The quantitative estimate of drug-likeness (QED) is 0.536. The molecule has 1 aliphatic carbocycles. The summed E-state index contributed by atoms with van der Waals surface area (Å²) in [6, 6.07) is 16.0. The van der Waals surface area contributed by atoms with Crippen LogP contribution in [0, 0.1) is 0 Å². The van der Waals surface area contributed by atoms with Crippen LogP contribution in [0.2, 0.25) is 0 Å². The number of carbonyl (C=O) groups is 3. The number of carbonyl (C=O) groups excluding carboxylic acids is 2. The molecule has 1 aliphatic heterocycles. The maximum Gasteiger partial charge on any atom is 0.407 e. The van der Waals surface area contributed by atoms with Crippen molar-refractivity contribution in [2.24, 2.45) is 0 Å². The van der Waals surface area contributed by atoms with Crippen LogP contribution in [-0.4, -0.2) is 65.9 Å². The fourth-order valence-corrected chi connectivity index (χ4v) is 4.99. The van der Waals surface area contributed by atoms with Crippen LogP contribution in [0.25, 0.3) is 11.1 Å². The number of likely N-dealkylation sites (tertiary alicyclic amines) is 1. The number of amides is 2. The average molecular weight is 481 g/mol. The van der Waals surface area contributed by atoms with Crippen LogP contribution >= 0.6 is 0 Å². The molecule has 2 aliphatic rings. The van der Waals surface area contributed by atoms with Gasteiger partial charge in [-0.15, -0.1) is 0 Å². The number of benzene rings is 2. The largest absolute Gasteiger partial charge is 0.480 e. The fraction of sp³-hybridized carbons (Fsp3) is 0.444. The Labute approximate surface area is 205 Å². The number of nitrogens with zero attached hydrogens (tertiary/aromatic N) is 1. The molecule has 2 aromatic carbocycles. The van der Waals surface area contributed by atoms with E-state index in [2.05, 4.69) is 29.6 Å². The maximum absolute atomic E-state index is 12.7. The number of carboxylic acids is 1. The summed E-state index contributed by atoms with van der Waals surface area (Å²) < 4.78 is 11.0. The molecule has 35 heavy (non-hydrogen) atoms. The molecule has 2 amide bonds. The van der Waals surface area contributed by atoms with Gasteiger partial charge < -0.3 is 24.8 Å². The van der Waals surface area contributed by atoms with Crippen molar-refractivity contribution in [3.63, 3.8) is 0 Å². The molecule has 1 atom stereocenters. The van der Waals surface area contributed by atoms with E-state index in [0.717, 1.165) is 17.5 Å². The first-order valence-corrected chi connectivity index (χ1v) is 12.0. The van der Waals surface area contributed by atoms with Crippen molar-refractivity contribution in [3.8, 4) is 11.1 Å². The molecule has 4 rings (SSSR count). The second-order valence-electron chi connectivity index (χ2n) is 9.54. The standard InChI is InChI=1S/C27H32N2O6/c1-3-8-18(13-24(30)29-16-27(2,17-29)35-15-25(31)32)28-26(33)34-14-23-21-11-6-4-9-19(21)20-10-5-7-12-22(20)23/h4-7,9-12,18,23H,3,8,13-17H2,1-2H3,(H,28,33)(H,31,32)/t18-/m0/s1. The van der Waals surface area contributed by atoms with Crippen LogP contribution in [0.3, 0.4) is 0 Å². The fourth-order valence-electron chi connectivity index (χ4n) is 4.99. The van der Waals surface area contributed by atoms with E-state index < -0.39 is 17.7 Å². The Morgan fingerprint density at radius 2 is 1.69 bits per heavy atom. The summed E-state index contributed by atoms with van der Waals surface area (Å²) in [5, 5.41) is 11.7. The Morgan fingerprint density at radius 1 is 1.09 bits per heavy atom. The minimum Gasteiger partial charge on any atom is -0.480 e. The van der Waals surface area contributed by atoms with Gasteiger partial charge in [-0.1, -0.05) is 61.9 Å². The highest BCUT2D eigenvalue weighted by Crippen LogP contribution is 2.44. The third-order valence-corrected chi connectivity index (χ3v) is 6.67. The van der Waals surface area contributed by atoms with Gasteiger partial charge in [0, 0.05) is 18.4 Å². The molecule has 0 spiro atoms. The lowest BCUT2D eigenvalue weighted by molar-refractivity contribution is -0.173. The Bertz CT molecular complexity index is 1050. The molecule has 1 saturated heterocycles. The smallest absolute Gasteiger partial charge is 0.407 e. The second-order valence-corrected chi connectivity index (χ2v) is 9.54. The number of hydrogen-bond donors (Lipinski definition) is 2. The lowest BCUT2D eigenvalue weighted by Gasteiger charge is -2.47. The van der Waals surface area contributed by atoms with Crippen molar-refractivity contribution in [2.45, 2.75) is 50.7 Å². The molecule has 2 N–H and O–H groups in total. The van der Waals surface area contributed by atoms with Crippen molar-refractivity contribution in [1.82, 2.24) is 10.2 Å². The first-order chi connectivity index (χ1) is 16.8. The molecule has 2 aromatic rings. The van der Waals surface area contributed by atoms with Gasteiger partial charge in [0.15, 0.2) is 0 Å². The van der Waals surface area contributed by atoms with E-state index in [0.29, 0.717) is 19.5 Å². The van der Waals surface area contributed by atoms with Crippen LogP contribution in [-0.2, 0) is 19.1 Å². The van der Waals surface area contributed by atoms with E-state index in [1.54, 1.807) is 11.8 Å². The SMILES string of the molecule is CCC[C@@H](CC(=O)N1CC(C)(OCC(=O)O)C1)NC(=O)OCC1c2ccccc2-c2ccccc21. The molecule has 1 heterocycles. The predicted molar refractivity (Wildman–Crippen MR) is 130 cm³/mol. The van der Waals surface area contributed by atoms with E-state index in [1.165, 1.54) is 11.1 Å². The lowest BCUT2D eigenvalue weighted by atomic mass is 9.95. The normalized spacial score (nSPS) is 16.6. The van der Waals surface area contributed by atoms with Gasteiger partial charge in [0.2, 0.25) is 5.91 Å². The number of nitrogens with one attached hydrogen (secondary N) is 1. The summed E-state index contributed by atoms with van der Waals surface area (Å²) in [6.07, 6.45) is 1.08. The molecule has 0 bridgehead atoms. The van der Waals surface area contributed by atoms with Gasteiger partial charge in [-0.05, 0) is 35.6 Å². The molecule has 186 valence electrons. The summed E-state index contributed by atoms with van der Waals surface area (Å²) in [5.41, 5.74) is 3.98. The molecule has 0 saturated carbocycles. The van der Waals surface area contributed by atoms with Crippen LogP contribution in [0.15, 0.2) is 48.5 Å². The number of aliphatic carboxylic acids is 1. The van der Waals surface area contributed by atoms with Crippen molar-refractivity contribution >= 4 is 18.0 Å². The van der Waals surface area contributed by atoms with E-state index in [4.69, 9.17) is 14.6 Å². The van der Waals surface area contributed by atoms with Crippen molar-refractivity contribution in [3.05, 3.63) is 59.7 Å². The van der Waals surface area contributed by atoms with Crippen LogP contribution < -0.4 is 5.32 Å². The number of carboxylic acid groups (broad SMARTS) is 1. The molecule has 1 fully saturated rings. The highest BCUT2D eigenvalue weighted by molar-refractivity contribution is 5.80. The number of rotatable bonds is 10. The third-order valence-electron chi connectivity index (χ3n) is 6.67. The summed E-state index contributed by atoms with van der Waals surface area (Å²) in [6.45, 7) is 4.29. The van der Waals surface area contributed by atoms with Gasteiger partial charge in [-0.3, -0.25) is 4.79 Å². The van der Waals surface area contributed by atoms with Gasteiger partial charge in [-0.25, -0.2) is 9.59 Å². The second kappa shape index (κ2) is 10.5. The zero-order valence-electron chi connectivity index (χ0n) is 20.2. The van der Waals surface area contributed by atoms with E-state index in [-0.39, 0.29) is 37.5 Å². The first-order valence-electron chi connectivity index (χ1n) is 12.0. The monoisotopic (exact) mass is 480 g/mol. The third kappa shape index (κ3) is 5.65. The summed E-state index contributed by atoms with van der Waals surface area (Å²) in [4.78, 5) is 37.7. The van der Waals surface area contributed by atoms with Gasteiger partial charge in [0.05, 0.1) is 13.1 Å². The predicted octanol–water partition coefficient (Wildman–Crippen LogP) is 3.79. The molecule has 0 aromatic heterocycles. The summed E-state index contributed by atoms with van der Waals surface area (Å²) in [7, 11) is 0. The number of ether oxygens (including phenoxy) is 2. The van der Waals surface area contributed by atoms with E-state index in [1.807, 2.05) is 31.2 Å². The van der Waals surface area contributed by atoms with Gasteiger partial charge in [0.25, 0.3) is 0 Å². The first kappa shape index (κ1) is 24.7. The molecule has 8 nitrogen and oxygen atoms in total. The Kier molecular flexibility index (Phi) is 7.40. The van der Waals surface area contributed by atoms with Crippen molar-refractivity contribution in [2.75, 3.05) is 26.3 Å². The van der Waals surface area contributed by atoms with Gasteiger partial charge in [0.1, 0.15) is 18.8 Å². The Morgan fingerprint density at radius 3 is 2.26 bits per heavy atom. The van der Waals surface area contributed by atoms with Crippen molar-refractivity contribution < 1.29 is 29.0 Å². The minimum absolute atomic E-state index is 0.0241. The molecule has 0 unspecified atom stereocenters. The minimum atomic E-state index is -1.04. The number of fused-ring (bicyclic) bond motifs is 3. The zero-order valence-corrected chi connectivity index (χ0v) is 20.2. The summed E-state index contributed by atoms with van der Waals surface area (Å²) in [5.74, 6) is -1.16. The highest BCUT2D eigenvalue weighted by Gasteiger charge is 2.43. The van der Waals surface area contributed by atoms with Gasteiger partial charge >= 0.3 is 12.1 Å². The van der Waals surface area contributed by atoms with E-state index in [9.17, 15) is 14.4 Å². The lowest BCUT2D eigenvalue weighted by Crippen LogP contribution is -2.64. The van der Waals surface area contributed by atoms with Crippen LogP contribution in [0.1, 0.15) is 50.2 Å². The van der Waals surface area contributed by atoms with E-state index >= 15 is 0 Å². The summed E-state index contributed by atoms with van der Waals surface area (Å²) >= 11 is 0. The maximum atomic E-state index is 12.7. The molecule has 8 heteroatoms. The Balaban J connectivity index is 1.30. The van der Waals surface area contributed by atoms with Gasteiger partial charge in [-0.2, -0.15) is 0 Å². The number of alkyl carbamates (subject to hydrolysis) is 1. The number of hydrogen-bond acceptors (Lipinski definition) is 5. The zero-order chi connectivity index (χ0) is 25.0. The highest BCUT2D eigenvalue weighted by atomic mass is 16.5. The average Bonchev–Trinajstić information content (AvgIpc) is 3.13. The molecular formula is C27H32N2O6. The van der Waals surface area contributed by atoms with Crippen LogP contribution in [0.5, 0.6) is 0 Å². The molecular weight excluding hydrogens is 448 g/mol. The van der Waals surface area contributed by atoms with Crippen molar-refractivity contribution in [1.29, 1.82) is 0 Å².